The zero-order chi connectivity index (χ0) is 19.6. The van der Waals surface area contributed by atoms with E-state index in [-0.39, 0.29) is 11.4 Å². The van der Waals surface area contributed by atoms with Crippen LogP contribution in [0.25, 0.3) is 0 Å². The number of fused-ring (bicyclic) bond motifs is 1. The molecule has 4 rings (SSSR count). The summed E-state index contributed by atoms with van der Waals surface area (Å²) in [7, 11) is 1.65. The highest BCUT2D eigenvalue weighted by Gasteiger charge is 2.41. The van der Waals surface area contributed by atoms with Crippen LogP contribution in [0.2, 0.25) is 0 Å². The van der Waals surface area contributed by atoms with E-state index in [2.05, 4.69) is 52.5 Å². The monoisotopic (exact) mass is 377 g/mol. The number of aryl methyl sites for hydroxylation is 1. The summed E-state index contributed by atoms with van der Waals surface area (Å²) in [6, 6.07) is 14.2. The van der Waals surface area contributed by atoms with E-state index >= 15 is 0 Å². The second-order valence-electron chi connectivity index (χ2n) is 7.58. The number of benzene rings is 2. The highest BCUT2D eigenvalue weighted by molar-refractivity contribution is 6.10. The maximum atomic E-state index is 12.0. The summed E-state index contributed by atoms with van der Waals surface area (Å²) in [5.41, 5.74) is 4.79. The van der Waals surface area contributed by atoms with Crippen molar-refractivity contribution >= 4 is 23.1 Å². The third-order valence-electron chi connectivity index (χ3n) is 5.55. The van der Waals surface area contributed by atoms with Gasteiger partial charge in [0.05, 0.1) is 23.5 Å². The summed E-state index contributed by atoms with van der Waals surface area (Å²) in [6.45, 7) is 4.63. The number of nitrogens with one attached hydrogen (secondary N) is 4. The average Bonchev–Trinajstić information content (AvgIpc) is 2.72. The van der Waals surface area contributed by atoms with Crippen LogP contribution in [-0.4, -0.2) is 37.4 Å². The number of amides is 1. The summed E-state index contributed by atoms with van der Waals surface area (Å²) in [5, 5.41) is 13.4. The van der Waals surface area contributed by atoms with Crippen molar-refractivity contribution in [3.05, 3.63) is 59.2 Å². The zero-order valence-corrected chi connectivity index (χ0v) is 16.4. The van der Waals surface area contributed by atoms with Gasteiger partial charge in [0.2, 0.25) is 0 Å². The second-order valence-corrected chi connectivity index (χ2v) is 7.58. The molecular formula is C22H27N5O. The van der Waals surface area contributed by atoms with Crippen molar-refractivity contribution in [3.8, 4) is 0 Å². The molecule has 0 aromatic heterocycles. The van der Waals surface area contributed by atoms with Crippen molar-refractivity contribution in [1.82, 2.24) is 10.6 Å². The molecule has 1 spiro atoms. The Bertz CT molecular complexity index is 915. The summed E-state index contributed by atoms with van der Waals surface area (Å²) in [5.74, 6) is 0.863. The Kier molecular flexibility index (Phi) is 5.05. The van der Waals surface area contributed by atoms with Crippen LogP contribution in [0.1, 0.15) is 34.3 Å². The van der Waals surface area contributed by atoms with Gasteiger partial charge in [-0.05, 0) is 56.6 Å². The largest absolute Gasteiger partial charge is 0.371 e. The first-order valence-corrected chi connectivity index (χ1v) is 9.82. The molecule has 2 aliphatic heterocycles. The van der Waals surface area contributed by atoms with Gasteiger partial charge in [0, 0.05) is 12.6 Å². The van der Waals surface area contributed by atoms with Gasteiger partial charge in [-0.2, -0.15) is 0 Å². The molecule has 0 bridgehead atoms. The predicted octanol–water partition coefficient (Wildman–Crippen LogP) is 2.91. The fraction of sp³-hybridized carbons (Fsp3) is 0.364. The van der Waals surface area contributed by atoms with Gasteiger partial charge < -0.3 is 21.3 Å². The lowest BCUT2D eigenvalue weighted by molar-refractivity contribution is 0.0963. The number of anilines is 2. The fourth-order valence-electron chi connectivity index (χ4n) is 3.99. The molecule has 28 heavy (non-hydrogen) atoms. The van der Waals surface area contributed by atoms with Gasteiger partial charge >= 0.3 is 0 Å². The molecule has 1 fully saturated rings. The number of carbonyl (C=O) groups is 1. The minimum Gasteiger partial charge on any atom is -0.371 e. The third kappa shape index (κ3) is 3.60. The van der Waals surface area contributed by atoms with Crippen LogP contribution in [-0.2, 0) is 6.54 Å². The molecule has 2 aliphatic rings. The Hall–Kier alpha value is -2.86. The van der Waals surface area contributed by atoms with Crippen molar-refractivity contribution in [3.63, 3.8) is 0 Å². The van der Waals surface area contributed by atoms with Crippen LogP contribution in [0.5, 0.6) is 0 Å². The summed E-state index contributed by atoms with van der Waals surface area (Å²) in [6.07, 6.45) is 1.92. The van der Waals surface area contributed by atoms with Crippen LogP contribution in [0, 0.1) is 6.92 Å². The van der Waals surface area contributed by atoms with Crippen LogP contribution < -0.4 is 21.3 Å². The van der Waals surface area contributed by atoms with E-state index in [4.69, 9.17) is 4.99 Å². The number of hydrogen-bond donors (Lipinski definition) is 4. The van der Waals surface area contributed by atoms with Gasteiger partial charge in [-0.15, -0.1) is 0 Å². The molecule has 0 unspecified atom stereocenters. The first-order valence-electron chi connectivity index (χ1n) is 9.82. The van der Waals surface area contributed by atoms with E-state index in [1.807, 2.05) is 18.2 Å². The molecular weight excluding hydrogens is 350 g/mol. The Balaban J connectivity index is 1.68. The van der Waals surface area contributed by atoms with Gasteiger partial charge in [-0.3, -0.25) is 9.79 Å². The molecule has 6 nitrogen and oxygen atoms in total. The van der Waals surface area contributed by atoms with Crippen molar-refractivity contribution in [2.75, 3.05) is 30.8 Å². The highest BCUT2D eigenvalue weighted by atomic mass is 16.1. The van der Waals surface area contributed by atoms with Crippen LogP contribution in [0.4, 0.5) is 11.4 Å². The smallest absolute Gasteiger partial charge is 0.251 e. The average molecular weight is 377 g/mol. The van der Waals surface area contributed by atoms with E-state index in [0.717, 1.165) is 43.1 Å². The van der Waals surface area contributed by atoms with Crippen molar-refractivity contribution in [1.29, 1.82) is 0 Å². The molecule has 0 aliphatic carbocycles. The van der Waals surface area contributed by atoms with Crippen LogP contribution in [0.3, 0.4) is 0 Å². The van der Waals surface area contributed by atoms with Crippen molar-refractivity contribution in [2.24, 2.45) is 4.99 Å². The lowest BCUT2D eigenvalue weighted by Crippen LogP contribution is -2.57. The maximum absolute atomic E-state index is 12.0. The van der Waals surface area contributed by atoms with E-state index in [9.17, 15) is 4.79 Å². The van der Waals surface area contributed by atoms with Crippen molar-refractivity contribution < 1.29 is 4.79 Å². The lowest BCUT2D eigenvalue weighted by Gasteiger charge is -2.44. The highest BCUT2D eigenvalue weighted by Crippen LogP contribution is 2.36. The van der Waals surface area contributed by atoms with E-state index in [1.54, 1.807) is 7.05 Å². The molecule has 2 heterocycles. The minimum atomic E-state index is -0.198. The molecule has 2 aromatic rings. The quantitative estimate of drug-likeness (QED) is 0.663. The Morgan fingerprint density at radius 3 is 2.71 bits per heavy atom. The number of hydrogen-bond acceptors (Lipinski definition) is 4. The molecule has 4 N–H and O–H groups in total. The second kappa shape index (κ2) is 7.64. The van der Waals surface area contributed by atoms with Gasteiger partial charge in [0.15, 0.2) is 0 Å². The van der Waals surface area contributed by atoms with Gasteiger partial charge in [0.25, 0.3) is 5.91 Å². The number of amidine groups is 1. The number of carbonyl (C=O) groups excluding carboxylic acids is 1. The Morgan fingerprint density at radius 1 is 1.14 bits per heavy atom. The number of nitrogens with zero attached hydrogens (tertiary/aromatic N) is 1. The SMILES string of the molecule is CNC(=O)c1ccc2c(c1)NC(=NCc1cccc(C)c1)C1(CCNCC1)N2. The maximum Gasteiger partial charge on any atom is 0.251 e. The summed E-state index contributed by atoms with van der Waals surface area (Å²) < 4.78 is 0. The van der Waals surface area contributed by atoms with E-state index in [1.165, 1.54) is 11.1 Å². The van der Waals surface area contributed by atoms with E-state index < -0.39 is 0 Å². The molecule has 2 aromatic carbocycles. The van der Waals surface area contributed by atoms with Crippen LogP contribution >= 0.6 is 0 Å². The zero-order valence-electron chi connectivity index (χ0n) is 16.4. The van der Waals surface area contributed by atoms with Gasteiger partial charge in [-0.1, -0.05) is 29.8 Å². The fourth-order valence-corrected chi connectivity index (χ4v) is 3.99. The first kappa shape index (κ1) is 18.5. The summed E-state index contributed by atoms with van der Waals surface area (Å²) >= 11 is 0. The molecule has 6 heteroatoms. The molecule has 0 saturated carbocycles. The third-order valence-corrected chi connectivity index (χ3v) is 5.55. The minimum absolute atomic E-state index is 0.0926. The first-order chi connectivity index (χ1) is 13.6. The molecule has 1 saturated heterocycles. The van der Waals surface area contributed by atoms with Gasteiger partial charge in [0.1, 0.15) is 5.84 Å². The Morgan fingerprint density at radius 2 is 1.96 bits per heavy atom. The van der Waals surface area contributed by atoms with E-state index in [0.29, 0.717) is 12.1 Å². The van der Waals surface area contributed by atoms with Crippen molar-refractivity contribution in [2.45, 2.75) is 31.8 Å². The standard InChI is InChI=1S/C22H27N5O/c1-15-4-3-5-16(12-15)14-25-21-22(8-10-24-11-9-22)27-18-7-6-17(20(28)23-2)13-19(18)26-21/h3-7,12-13,24,27H,8-11,14H2,1-2H3,(H,23,28)(H,25,26). The predicted molar refractivity (Wildman–Crippen MR) is 114 cm³/mol. The molecule has 0 radical (unpaired) electrons. The molecule has 146 valence electrons. The summed E-state index contributed by atoms with van der Waals surface area (Å²) in [4.78, 5) is 17.0. The normalized spacial score (nSPS) is 18.9. The topological polar surface area (TPSA) is 77.5 Å². The number of aliphatic imine (C=N–C) groups is 1. The van der Waals surface area contributed by atoms with Gasteiger partial charge in [-0.25, -0.2) is 0 Å². The van der Waals surface area contributed by atoms with Crippen LogP contribution in [0.15, 0.2) is 47.5 Å². The number of rotatable bonds is 3. The lowest BCUT2D eigenvalue weighted by atomic mass is 9.84. The molecule has 0 atom stereocenters. The Labute approximate surface area is 165 Å². The number of piperidine rings is 1. The molecule has 1 amide bonds.